The Bertz CT molecular complexity index is 910. The molecule has 6 heteroatoms. The van der Waals surface area contributed by atoms with Gasteiger partial charge in [-0.25, -0.2) is 4.39 Å². The third-order valence-corrected chi connectivity index (χ3v) is 4.53. The molecule has 0 fully saturated rings. The van der Waals surface area contributed by atoms with Gasteiger partial charge < -0.3 is 4.90 Å². The van der Waals surface area contributed by atoms with Crippen LogP contribution in [0, 0.1) is 24.4 Å². The van der Waals surface area contributed by atoms with Crippen LogP contribution in [0.1, 0.15) is 17.0 Å². The Kier molecular flexibility index (Phi) is 5.11. The van der Waals surface area contributed by atoms with Crippen LogP contribution >= 0.6 is 12.2 Å². The number of aryl methyl sites for hydroxylation is 2. The molecular weight excluding hydrogens is 335 g/mol. The minimum absolute atomic E-state index is 0.212. The molecule has 0 saturated carbocycles. The highest BCUT2D eigenvalue weighted by molar-refractivity contribution is 7.71. The second kappa shape index (κ2) is 7.29. The number of rotatable bonds is 5. The molecule has 4 nitrogen and oxygen atoms in total. The summed E-state index contributed by atoms with van der Waals surface area (Å²) in [6.07, 6.45) is 0. The molecule has 130 valence electrons. The van der Waals surface area contributed by atoms with Crippen LogP contribution in [-0.4, -0.2) is 21.4 Å². The van der Waals surface area contributed by atoms with Crippen molar-refractivity contribution in [2.45, 2.75) is 27.1 Å². The number of aromatic nitrogens is 3. The molecule has 0 aliphatic carbocycles. The SMILES string of the molecule is Cc1ccc(-n2c(C)nn(C[NH+](C)Cc3ccc(F)cc3)c2=S)cc1. The van der Waals surface area contributed by atoms with E-state index in [1.165, 1.54) is 22.6 Å². The molecule has 0 spiro atoms. The molecule has 1 aromatic heterocycles. The van der Waals surface area contributed by atoms with Gasteiger partial charge in [-0.05, 0) is 50.3 Å². The van der Waals surface area contributed by atoms with Crippen LogP contribution in [0.25, 0.3) is 5.69 Å². The van der Waals surface area contributed by atoms with Crippen molar-refractivity contribution in [1.29, 1.82) is 0 Å². The Morgan fingerprint density at radius 3 is 2.32 bits per heavy atom. The van der Waals surface area contributed by atoms with E-state index >= 15 is 0 Å². The van der Waals surface area contributed by atoms with E-state index in [9.17, 15) is 4.39 Å². The highest BCUT2D eigenvalue weighted by atomic mass is 32.1. The maximum absolute atomic E-state index is 13.0. The van der Waals surface area contributed by atoms with Crippen molar-refractivity contribution < 1.29 is 9.29 Å². The van der Waals surface area contributed by atoms with Gasteiger partial charge in [-0.3, -0.25) is 4.57 Å². The number of halogens is 1. The summed E-state index contributed by atoms with van der Waals surface area (Å²) in [5, 5.41) is 4.60. The van der Waals surface area contributed by atoms with Gasteiger partial charge in [-0.2, -0.15) is 9.78 Å². The van der Waals surface area contributed by atoms with Gasteiger partial charge in [0.1, 0.15) is 18.2 Å². The van der Waals surface area contributed by atoms with Gasteiger partial charge in [0.2, 0.25) is 4.77 Å². The van der Waals surface area contributed by atoms with Crippen molar-refractivity contribution in [3.8, 4) is 5.69 Å². The van der Waals surface area contributed by atoms with E-state index in [-0.39, 0.29) is 5.82 Å². The summed E-state index contributed by atoms with van der Waals surface area (Å²) in [6, 6.07) is 14.9. The van der Waals surface area contributed by atoms with Gasteiger partial charge in [-0.15, -0.1) is 0 Å². The third-order valence-electron chi connectivity index (χ3n) is 4.13. The molecular formula is C19H22FN4S+. The second-order valence-corrected chi connectivity index (χ2v) is 6.78. The van der Waals surface area contributed by atoms with Crippen LogP contribution in [0.5, 0.6) is 0 Å². The number of hydrogen-bond acceptors (Lipinski definition) is 2. The van der Waals surface area contributed by atoms with Crippen LogP contribution in [0.3, 0.4) is 0 Å². The molecule has 1 N–H and O–H groups in total. The van der Waals surface area contributed by atoms with Crippen molar-refractivity contribution >= 4 is 12.2 Å². The summed E-state index contributed by atoms with van der Waals surface area (Å²) in [5.74, 6) is 0.652. The Balaban J connectivity index is 1.79. The molecule has 0 amide bonds. The van der Waals surface area contributed by atoms with Crippen LogP contribution < -0.4 is 4.90 Å². The predicted octanol–water partition coefficient (Wildman–Crippen LogP) is 2.83. The van der Waals surface area contributed by atoms with E-state index < -0.39 is 0 Å². The fraction of sp³-hybridized carbons (Fsp3) is 0.263. The molecule has 0 saturated heterocycles. The number of nitrogens with one attached hydrogen (secondary N) is 1. The van der Waals surface area contributed by atoms with Gasteiger partial charge in [0.25, 0.3) is 0 Å². The second-order valence-electron chi connectivity index (χ2n) is 6.42. The highest BCUT2D eigenvalue weighted by Gasteiger charge is 2.12. The van der Waals surface area contributed by atoms with Crippen LogP contribution in [-0.2, 0) is 13.2 Å². The largest absolute Gasteiger partial charge is 0.315 e. The molecule has 25 heavy (non-hydrogen) atoms. The maximum atomic E-state index is 13.0. The van der Waals surface area contributed by atoms with Gasteiger partial charge in [0, 0.05) is 11.3 Å². The molecule has 0 aliphatic heterocycles. The molecule has 1 atom stereocenters. The normalized spacial score (nSPS) is 12.3. The van der Waals surface area contributed by atoms with E-state index in [0.29, 0.717) is 11.4 Å². The fourth-order valence-corrected chi connectivity index (χ4v) is 3.22. The monoisotopic (exact) mass is 357 g/mol. The van der Waals surface area contributed by atoms with E-state index in [1.54, 1.807) is 0 Å². The molecule has 3 rings (SSSR count). The smallest absolute Gasteiger partial charge is 0.207 e. The molecule has 1 unspecified atom stereocenters. The summed E-state index contributed by atoms with van der Waals surface area (Å²) >= 11 is 5.63. The van der Waals surface area contributed by atoms with Crippen LogP contribution in [0.4, 0.5) is 4.39 Å². The van der Waals surface area contributed by atoms with Crippen molar-refractivity contribution in [3.05, 3.63) is 76.1 Å². The van der Waals surface area contributed by atoms with Gasteiger partial charge >= 0.3 is 0 Å². The number of nitrogens with zero attached hydrogens (tertiary/aromatic N) is 3. The number of hydrogen-bond donors (Lipinski definition) is 1. The molecule has 0 radical (unpaired) electrons. The zero-order chi connectivity index (χ0) is 18.0. The first kappa shape index (κ1) is 17.5. The zero-order valence-corrected chi connectivity index (χ0v) is 15.5. The van der Waals surface area contributed by atoms with E-state index in [1.807, 2.05) is 28.3 Å². The van der Waals surface area contributed by atoms with E-state index in [0.717, 1.165) is 23.6 Å². The minimum atomic E-state index is -0.212. The average molecular weight is 357 g/mol. The molecule has 0 bridgehead atoms. The van der Waals surface area contributed by atoms with Crippen molar-refractivity contribution in [1.82, 2.24) is 14.3 Å². The lowest BCUT2D eigenvalue weighted by molar-refractivity contribution is -0.917. The van der Waals surface area contributed by atoms with Gasteiger partial charge in [-0.1, -0.05) is 29.8 Å². The Morgan fingerprint density at radius 1 is 1.04 bits per heavy atom. The summed E-state index contributed by atoms with van der Waals surface area (Å²) in [7, 11) is 2.07. The predicted molar refractivity (Wildman–Crippen MR) is 98.9 cm³/mol. The average Bonchev–Trinajstić information content (AvgIpc) is 2.84. The van der Waals surface area contributed by atoms with Gasteiger partial charge in [0.05, 0.1) is 7.05 Å². The first-order valence-electron chi connectivity index (χ1n) is 8.23. The van der Waals surface area contributed by atoms with E-state index in [2.05, 4.69) is 43.3 Å². The van der Waals surface area contributed by atoms with Crippen molar-refractivity contribution in [2.24, 2.45) is 0 Å². The Labute approximate surface area is 152 Å². The van der Waals surface area contributed by atoms with Crippen LogP contribution in [0.2, 0.25) is 0 Å². The Morgan fingerprint density at radius 2 is 1.68 bits per heavy atom. The molecule has 0 aliphatic rings. The first-order valence-corrected chi connectivity index (χ1v) is 8.64. The molecule has 3 aromatic rings. The number of quaternary nitrogens is 1. The minimum Gasteiger partial charge on any atom is -0.315 e. The maximum Gasteiger partial charge on any atom is 0.207 e. The summed E-state index contributed by atoms with van der Waals surface area (Å²) in [5.41, 5.74) is 3.32. The summed E-state index contributed by atoms with van der Waals surface area (Å²) in [4.78, 5) is 1.22. The standard InChI is InChI=1S/C19H21FN4S/c1-14-4-10-18(11-5-14)24-15(2)21-23(19(24)25)13-22(3)12-16-6-8-17(20)9-7-16/h4-11H,12-13H2,1-3H3/p+1. The summed E-state index contributed by atoms with van der Waals surface area (Å²) in [6.45, 7) is 5.45. The zero-order valence-electron chi connectivity index (χ0n) is 14.7. The lowest BCUT2D eigenvalue weighted by Crippen LogP contribution is -3.07. The summed E-state index contributed by atoms with van der Waals surface area (Å²) < 4.78 is 17.5. The fourth-order valence-electron chi connectivity index (χ4n) is 2.87. The van der Waals surface area contributed by atoms with Crippen molar-refractivity contribution in [2.75, 3.05) is 7.05 Å². The van der Waals surface area contributed by atoms with Gasteiger partial charge in [0.15, 0.2) is 6.67 Å². The molecule has 2 aromatic carbocycles. The topological polar surface area (TPSA) is 27.2 Å². The third kappa shape index (κ3) is 4.03. The van der Waals surface area contributed by atoms with Crippen LogP contribution in [0.15, 0.2) is 48.5 Å². The van der Waals surface area contributed by atoms with E-state index in [4.69, 9.17) is 12.2 Å². The Hall–Kier alpha value is -2.31. The lowest BCUT2D eigenvalue weighted by atomic mass is 10.2. The molecule has 1 heterocycles. The quantitative estimate of drug-likeness (QED) is 0.711. The lowest BCUT2D eigenvalue weighted by Gasteiger charge is -2.13. The first-order chi connectivity index (χ1) is 11.9. The van der Waals surface area contributed by atoms with Crippen molar-refractivity contribution in [3.63, 3.8) is 0 Å². The highest BCUT2D eigenvalue weighted by Crippen LogP contribution is 2.12. The number of benzene rings is 2.